The molecule has 11 heteroatoms. The summed E-state index contributed by atoms with van der Waals surface area (Å²) in [6.07, 6.45) is 0. The van der Waals surface area contributed by atoms with Gasteiger partial charge >= 0.3 is 0 Å². The molecule has 0 fully saturated rings. The van der Waals surface area contributed by atoms with Crippen molar-refractivity contribution in [1.29, 1.82) is 0 Å². The highest BCUT2D eigenvalue weighted by molar-refractivity contribution is 14.1. The first-order chi connectivity index (χ1) is 11.8. The summed E-state index contributed by atoms with van der Waals surface area (Å²) in [7, 11) is 0. The van der Waals surface area contributed by atoms with E-state index in [-0.39, 0.29) is 0 Å². The highest BCUT2D eigenvalue weighted by Crippen LogP contribution is 2.45. The smallest absolute Gasteiger partial charge is 0.0502 e. The van der Waals surface area contributed by atoms with Gasteiger partial charge in [0.25, 0.3) is 0 Å². The fourth-order valence-corrected chi connectivity index (χ4v) is 13.4. The average Bonchev–Trinajstić information content (AvgIpc) is 2.57. The molecule has 0 radical (unpaired) electrons. The third kappa shape index (κ3) is 7.16. The second-order valence-corrected chi connectivity index (χ2v) is 17.5. The molecule has 0 atom stereocenters. The summed E-state index contributed by atoms with van der Waals surface area (Å²) in [4.78, 5) is 5.54. The van der Waals surface area contributed by atoms with Crippen LogP contribution in [-0.2, 0) is 0 Å². The lowest BCUT2D eigenvalue weighted by molar-refractivity contribution is 1.19. The number of hydrogen-bond donors (Lipinski definition) is 0. The molecule has 0 aromatic heterocycles. The van der Waals surface area contributed by atoms with Crippen LogP contribution >= 0.6 is 216 Å². The Balaban J connectivity index is 2.50. The van der Waals surface area contributed by atoms with E-state index in [0.29, 0.717) is 0 Å². The van der Waals surface area contributed by atoms with Gasteiger partial charge in [-0.25, -0.2) is 0 Å². The van der Waals surface area contributed by atoms with Crippen LogP contribution in [0.2, 0.25) is 0 Å². The summed E-state index contributed by atoms with van der Waals surface area (Å²) < 4.78 is 10.3. The van der Waals surface area contributed by atoms with E-state index in [1.807, 2.05) is 35.3 Å². The number of halogens is 8. The number of thioether (sulfide) groups is 2. The minimum atomic E-state index is 1.08. The molecule has 0 nitrogen and oxygen atoms in total. The van der Waals surface area contributed by atoms with Gasteiger partial charge in [0.1, 0.15) is 0 Å². The van der Waals surface area contributed by atoms with E-state index >= 15 is 0 Å². The molecule has 0 aliphatic carbocycles. The summed E-state index contributed by atoms with van der Waals surface area (Å²) in [5, 5.41) is 0. The Morgan fingerprint density at radius 1 is 0.600 bits per heavy atom. The van der Waals surface area contributed by atoms with Gasteiger partial charge in [-0.05, 0) is 148 Å². The van der Waals surface area contributed by atoms with Crippen LogP contribution in [0.15, 0.2) is 31.7 Å². The van der Waals surface area contributed by atoms with E-state index in [9.17, 15) is 0 Å². The monoisotopic (exact) mass is 1290 g/mol. The maximum absolute atomic E-state index is 2.51. The molecule has 0 unspecified atom stereocenters. The van der Waals surface area contributed by atoms with Gasteiger partial charge in [0, 0.05) is 41.0 Å². The lowest BCUT2D eigenvalue weighted by Gasteiger charge is -2.16. The van der Waals surface area contributed by atoms with Gasteiger partial charge in [-0.15, -0.1) is 23.5 Å². The number of alkyl halides is 2. The zero-order chi connectivity index (χ0) is 18.7. The van der Waals surface area contributed by atoms with Crippen molar-refractivity contribution in [3.63, 3.8) is 0 Å². The van der Waals surface area contributed by atoms with Gasteiger partial charge in [0.05, 0.1) is 7.52 Å². The molecule has 0 saturated carbocycles. The van der Waals surface area contributed by atoms with Gasteiger partial charge in [0.2, 0.25) is 0 Å². The van der Waals surface area contributed by atoms with E-state index in [4.69, 9.17) is 0 Å². The van der Waals surface area contributed by atoms with Gasteiger partial charge in [-0.1, -0.05) is 56.9 Å². The predicted molar refractivity (Wildman–Crippen MR) is 183 cm³/mol. The molecule has 0 amide bonds. The van der Waals surface area contributed by atoms with E-state index < -0.39 is 0 Å². The van der Waals surface area contributed by atoms with Crippen molar-refractivity contribution in [2.24, 2.45) is 0 Å². The maximum Gasteiger partial charge on any atom is 0.0502 e. The molecule has 2 rings (SSSR count). The molecule has 0 aliphatic heterocycles. The molecule has 136 valence electrons. The summed E-state index contributed by atoms with van der Waals surface area (Å²) in [5.74, 6) is 0. The van der Waals surface area contributed by atoms with E-state index in [2.05, 4.69) is 193 Å². The SMILES string of the molecule is ICSc1cc(I)c(Sc2c(I)cc(SCI)c(I)c2I)c(I)c1I. The van der Waals surface area contributed by atoms with Crippen LogP contribution < -0.4 is 0 Å². The molecule has 25 heavy (non-hydrogen) atoms. The number of benzene rings is 2. The maximum atomic E-state index is 2.51. The van der Waals surface area contributed by atoms with Gasteiger partial charge in [-0.3, -0.25) is 0 Å². The molecule has 0 N–H and O–H groups in total. The molecular formula is C14H6I8S3. The Labute approximate surface area is 270 Å². The molecule has 2 aromatic carbocycles. The van der Waals surface area contributed by atoms with Crippen LogP contribution in [0, 0.1) is 21.4 Å². The Hall–Kier alpha value is 5.33. The molecule has 0 saturated heterocycles. The number of hydrogen-bond acceptors (Lipinski definition) is 3. The highest BCUT2D eigenvalue weighted by atomic mass is 127. The molecule has 0 heterocycles. The first-order valence-corrected chi connectivity index (χ1v) is 18.5. The lowest BCUT2D eigenvalue weighted by Crippen LogP contribution is -1.97. The zero-order valence-electron chi connectivity index (χ0n) is 11.8. The van der Waals surface area contributed by atoms with E-state index in [1.54, 1.807) is 0 Å². The highest BCUT2D eigenvalue weighted by Gasteiger charge is 2.20. The minimum Gasteiger partial charge on any atom is -0.114 e. The van der Waals surface area contributed by atoms with Gasteiger partial charge in [-0.2, -0.15) is 0 Å². The summed E-state index contributed by atoms with van der Waals surface area (Å²) >= 11 is 25.6. The van der Waals surface area contributed by atoms with Crippen molar-refractivity contribution in [3.8, 4) is 0 Å². The standard InChI is InChI=1S/C14H6I8S3/c15-3-23-7-1-5(17)13(11(21)9(7)19)25-14-6(18)2-8(24-4-16)10(20)12(14)22/h1-2H,3-4H2. The Kier molecular flexibility index (Phi) is 14.0. The lowest BCUT2D eigenvalue weighted by atomic mass is 10.4. The molecule has 0 bridgehead atoms. The normalized spacial score (nSPS) is 11.2. The Morgan fingerprint density at radius 3 is 1.28 bits per heavy atom. The van der Waals surface area contributed by atoms with Gasteiger partial charge in [0.15, 0.2) is 0 Å². The van der Waals surface area contributed by atoms with Crippen LogP contribution in [0.3, 0.4) is 0 Å². The second-order valence-electron chi connectivity index (χ2n) is 4.24. The third-order valence-corrected chi connectivity index (χ3v) is 17.8. The van der Waals surface area contributed by atoms with Crippen molar-refractivity contribution in [1.82, 2.24) is 0 Å². The largest absolute Gasteiger partial charge is 0.114 e. The summed E-state index contributed by atoms with van der Waals surface area (Å²) in [6, 6.07) is 4.67. The summed E-state index contributed by atoms with van der Waals surface area (Å²) in [5.41, 5.74) is 0. The Bertz CT molecular complexity index is 731. The molecular weight excluding hydrogens is 1280 g/mol. The zero-order valence-corrected chi connectivity index (χ0v) is 31.5. The second kappa shape index (κ2) is 13.1. The minimum absolute atomic E-state index is 1.08. The van der Waals surface area contributed by atoms with Crippen LogP contribution in [-0.4, -0.2) is 7.52 Å². The summed E-state index contributed by atoms with van der Waals surface area (Å²) in [6.45, 7) is 0. The topological polar surface area (TPSA) is 0 Å². The van der Waals surface area contributed by atoms with Crippen LogP contribution in [0.4, 0.5) is 0 Å². The van der Waals surface area contributed by atoms with Crippen molar-refractivity contribution < 1.29 is 0 Å². The van der Waals surface area contributed by atoms with Crippen molar-refractivity contribution >= 4 is 216 Å². The van der Waals surface area contributed by atoms with Crippen LogP contribution in [0.1, 0.15) is 0 Å². The number of rotatable bonds is 6. The van der Waals surface area contributed by atoms with Crippen molar-refractivity contribution in [2.45, 2.75) is 19.6 Å². The predicted octanol–water partition coefficient (Wildman–Crippen LogP) is 10.4. The quantitative estimate of drug-likeness (QED) is 0.122. The first kappa shape index (κ1) is 26.6. The van der Waals surface area contributed by atoms with Crippen molar-refractivity contribution in [2.75, 3.05) is 7.52 Å². The fraction of sp³-hybridized carbons (Fsp3) is 0.143. The Morgan fingerprint density at radius 2 is 0.960 bits per heavy atom. The van der Waals surface area contributed by atoms with E-state index in [0.717, 1.165) is 7.52 Å². The van der Waals surface area contributed by atoms with E-state index in [1.165, 1.54) is 41.0 Å². The first-order valence-electron chi connectivity index (χ1n) is 6.22. The average molecular weight is 1290 g/mol. The molecule has 2 aromatic rings. The van der Waals surface area contributed by atoms with Crippen molar-refractivity contribution in [3.05, 3.63) is 33.6 Å². The third-order valence-electron chi connectivity index (χ3n) is 2.79. The van der Waals surface area contributed by atoms with Crippen LogP contribution in [0.25, 0.3) is 0 Å². The molecule has 0 aliphatic rings. The molecule has 0 spiro atoms. The van der Waals surface area contributed by atoms with Crippen LogP contribution in [0.5, 0.6) is 0 Å². The van der Waals surface area contributed by atoms with Gasteiger partial charge < -0.3 is 0 Å². The fourth-order valence-electron chi connectivity index (χ4n) is 1.73.